The van der Waals surface area contributed by atoms with Crippen molar-refractivity contribution in [2.24, 2.45) is 0 Å². The summed E-state index contributed by atoms with van der Waals surface area (Å²) in [4.78, 5) is 11.9. The number of urea groups is 1. The van der Waals surface area contributed by atoms with E-state index >= 15 is 0 Å². The zero-order chi connectivity index (χ0) is 17.9. The molecule has 0 saturated heterocycles. The van der Waals surface area contributed by atoms with Crippen LogP contribution in [0, 0.1) is 0 Å². The normalized spacial score (nSPS) is 13.2. The van der Waals surface area contributed by atoms with Crippen molar-refractivity contribution < 1.29 is 27.4 Å². The number of ether oxygens (including phenoxy) is 2. The molecule has 3 rings (SSSR count). The van der Waals surface area contributed by atoms with Gasteiger partial charge in [-0.3, -0.25) is 0 Å². The molecular weight excluding hydrogens is 337 g/mol. The van der Waals surface area contributed by atoms with Crippen LogP contribution in [0.15, 0.2) is 42.5 Å². The fraction of sp³-hybridized carbons (Fsp3) is 0.235. The first-order chi connectivity index (χ1) is 11.9. The van der Waals surface area contributed by atoms with Gasteiger partial charge in [-0.2, -0.15) is 13.2 Å². The van der Waals surface area contributed by atoms with Crippen LogP contribution in [0.4, 0.5) is 23.7 Å². The molecule has 0 unspecified atom stereocenters. The van der Waals surface area contributed by atoms with Crippen molar-refractivity contribution in [1.29, 1.82) is 0 Å². The summed E-state index contributed by atoms with van der Waals surface area (Å²) in [7, 11) is 0. The Morgan fingerprint density at radius 2 is 1.68 bits per heavy atom. The van der Waals surface area contributed by atoms with Gasteiger partial charge >= 0.3 is 12.2 Å². The molecule has 0 aliphatic carbocycles. The van der Waals surface area contributed by atoms with E-state index < -0.39 is 17.8 Å². The Morgan fingerprint density at radius 1 is 1.00 bits per heavy atom. The Morgan fingerprint density at radius 3 is 2.36 bits per heavy atom. The smallest absolute Gasteiger partial charge is 0.416 e. The summed E-state index contributed by atoms with van der Waals surface area (Å²) < 4.78 is 48.3. The fourth-order valence-corrected chi connectivity index (χ4v) is 2.30. The largest absolute Gasteiger partial charge is 0.486 e. The number of benzene rings is 2. The maximum atomic E-state index is 12.5. The van der Waals surface area contributed by atoms with Gasteiger partial charge in [0.1, 0.15) is 13.2 Å². The van der Waals surface area contributed by atoms with Gasteiger partial charge < -0.3 is 20.1 Å². The predicted molar refractivity (Wildman–Crippen MR) is 84.7 cm³/mol. The second-order valence-electron chi connectivity index (χ2n) is 5.36. The molecule has 0 bridgehead atoms. The quantitative estimate of drug-likeness (QED) is 0.883. The summed E-state index contributed by atoms with van der Waals surface area (Å²) in [6.07, 6.45) is -4.40. The molecule has 2 amide bonds. The van der Waals surface area contributed by atoms with Crippen molar-refractivity contribution in [2.75, 3.05) is 18.5 Å². The second-order valence-corrected chi connectivity index (χ2v) is 5.36. The molecule has 1 aliphatic rings. The summed E-state index contributed by atoms with van der Waals surface area (Å²) in [5, 5.41) is 5.11. The van der Waals surface area contributed by atoms with Gasteiger partial charge in [-0.05, 0) is 42.0 Å². The number of hydrogen-bond donors (Lipinski definition) is 2. The molecule has 0 saturated carbocycles. The van der Waals surface area contributed by atoms with Crippen LogP contribution < -0.4 is 20.1 Å². The SMILES string of the molecule is O=C(NCc1ccc2c(c1)OCCO2)Nc1ccc(C(F)(F)F)cc1. The predicted octanol–water partition coefficient (Wildman–Crippen LogP) is 3.80. The average molecular weight is 352 g/mol. The molecule has 0 aromatic heterocycles. The molecule has 25 heavy (non-hydrogen) atoms. The topological polar surface area (TPSA) is 59.6 Å². The van der Waals surface area contributed by atoms with E-state index in [1.54, 1.807) is 18.2 Å². The summed E-state index contributed by atoms with van der Waals surface area (Å²) in [6, 6.07) is 9.04. The molecule has 1 aliphatic heterocycles. The minimum absolute atomic E-state index is 0.239. The number of anilines is 1. The number of amides is 2. The van der Waals surface area contributed by atoms with E-state index in [0.29, 0.717) is 24.7 Å². The number of alkyl halides is 3. The highest BCUT2D eigenvalue weighted by atomic mass is 19.4. The van der Waals surface area contributed by atoms with Gasteiger partial charge in [0.25, 0.3) is 0 Å². The van der Waals surface area contributed by atoms with Crippen LogP contribution in [0.25, 0.3) is 0 Å². The molecule has 132 valence electrons. The Bertz CT molecular complexity index is 761. The van der Waals surface area contributed by atoms with Crippen molar-refractivity contribution in [3.63, 3.8) is 0 Å². The number of nitrogens with one attached hydrogen (secondary N) is 2. The van der Waals surface area contributed by atoms with Crippen LogP contribution in [0.3, 0.4) is 0 Å². The number of halogens is 3. The first kappa shape index (κ1) is 16.9. The Kier molecular flexibility index (Phi) is 4.69. The van der Waals surface area contributed by atoms with Gasteiger partial charge in [0.15, 0.2) is 11.5 Å². The van der Waals surface area contributed by atoms with E-state index in [1.165, 1.54) is 12.1 Å². The van der Waals surface area contributed by atoms with Crippen LogP contribution >= 0.6 is 0 Å². The zero-order valence-corrected chi connectivity index (χ0v) is 13.0. The molecule has 0 fully saturated rings. The molecule has 0 atom stereocenters. The van der Waals surface area contributed by atoms with E-state index in [2.05, 4.69) is 10.6 Å². The molecule has 2 aromatic carbocycles. The lowest BCUT2D eigenvalue weighted by Gasteiger charge is -2.19. The molecule has 5 nitrogen and oxygen atoms in total. The number of hydrogen-bond acceptors (Lipinski definition) is 3. The van der Waals surface area contributed by atoms with Crippen LogP contribution in [-0.4, -0.2) is 19.2 Å². The van der Waals surface area contributed by atoms with Crippen LogP contribution in [-0.2, 0) is 12.7 Å². The number of carbonyl (C=O) groups excluding carboxylic acids is 1. The molecule has 2 aromatic rings. The number of rotatable bonds is 3. The highest BCUT2D eigenvalue weighted by molar-refractivity contribution is 5.89. The first-order valence-corrected chi connectivity index (χ1v) is 7.52. The maximum Gasteiger partial charge on any atom is 0.416 e. The van der Waals surface area contributed by atoms with E-state index in [9.17, 15) is 18.0 Å². The highest BCUT2D eigenvalue weighted by Crippen LogP contribution is 2.31. The maximum absolute atomic E-state index is 12.5. The first-order valence-electron chi connectivity index (χ1n) is 7.52. The Hall–Kier alpha value is -2.90. The average Bonchev–Trinajstić information content (AvgIpc) is 2.59. The van der Waals surface area contributed by atoms with Crippen molar-refractivity contribution in [3.8, 4) is 11.5 Å². The van der Waals surface area contributed by atoms with Crippen molar-refractivity contribution in [1.82, 2.24) is 5.32 Å². The molecule has 8 heteroatoms. The van der Waals surface area contributed by atoms with Gasteiger partial charge in [0, 0.05) is 12.2 Å². The third-order valence-electron chi connectivity index (χ3n) is 3.53. The van der Waals surface area contributed by atoms with E-state index in [-0.39, 0.29) is 12.2 Å². The van der Waals surface area contributed by atoms with Crippen LogP contribution in [0.2, 0.25) is 0 Å². The van der Waals surface area contributed by atoms with E-state index in [0.717, 1.165) is 17.7 Å². The van der Waals surface area contributed by atoms with Gasteiger partial charge in [-0.1, -0.05) is 6.07 Å². The molecule has 0 spiro atoms. The molecule has 0 radical (unpaired) electrons. The highest BCUT2D eigenvalue weighted by Gasteiger charge is 2.29. The molecular formula is C17H15F3N2O3. The monoisotopic (exact) mass is 352 g/mol. The molecule has 2 N–H and O–H groups in total. The van der Waals surface area contributed by atoms with Crippen LogP contribution in [0.1, 0.15) is 11.1 Å². The lowest BCUT2D eigenvalue weighted by Crippen LogP contribution is -2.28. The lowest BCUT2D eigenvalue weighted by molar-refractivity contribution is -0.137. The van der Waals surface area contributed by atoms with Gasteiger partial charge in [0.05, 0.1) is 5.56 Å². The van der Waals surface area contributed by atoms with Crippen molar-refractivity contribution in [2.45, 2.75) is 12.7 Å². The van der Waals surface area contributed by atoms with Crippen molar-refractivity contribution >= 4 is 11.7 Å². The van der Waals surface area contributed by atoms with Gasteiger partial charge in [-0.25, -0.2) is 4.79 Å². The van der Waals surface area contributed by atoms with Crippen LogP contribution in [0.5, 0.6) is 11.5 Å². The number of fused-ring (bicyclic) bond motifs is 1. The summed E-state index contributed by atoms with van der Waals surface area (Å²) in [5.41, 5.74) is 0.314. The van der Waals surface area contributed by atoms with E-state index in [1.807, 2.05) is 0 Å². The van der Waals surface area contributed by atoms with Gasteiger partial charge in [0.2, 0.25) is 0 Å². The molecule has 1 heterocycles. The summed E-state index contributed by atoms with van der Waals surface area (Å²) in [5.74, 6) is 1.28. The van der Waals surface area contributed by atoms with Gasteiger partial charge in [-0.15, -0.1) is 0 Å². The lowest BCUT2D eigenvalue weighted by atomic mass is 10.2. The third-order valence-corrected chi connectivity index (χ3v) is 3.53. The fourth-order valence-electron chi connectivity index (χ4n) is 2.30. The van der Waals surface area contributed by atoms with E-state index in [4.69, 9.17) is 9.47 Å². The standard InChI is InChI=1S/C17H15F3N2O3/c18-17(19,20)12-2-4-13(5-3-12)22-16(23)21-10-11-1-6-14-15(9-11)25-8-7-24-14/h1-6,9H,7-8,10H2,(H2,21,22,23). The van der Waals surface area contributed by atoms with Crippen molar-refractivity contribution in [3.05, 3.63) is 53.6 Å². The Balaban J connectivity index is 1.54. The Labute approximate surface area is 141 Å². The number of carbonyl (C=O) groups is 1. The second kappa shape index (κ2) is 6.92. The third kappa shape index (κ3) is 4.34. The zero-order valence-electron chi connectivity index (χ0n) is 13.0. The summed E-state index contributed by atoms with van der Waals surface area (Å²) >= 11 is 0. The minimum Gasteiger partial charge on any atom is -0.486 e. The summed E-state index contributed by atoms with van der Waals surface area (Å²) in [6.45, 7) is 1.21. The minimum atomic E-state index is -4.40.